The molecule has 0 amide bonds. The molecular formula is C10H10O3. The molecule has 1 rings (SSSR count). The molecule has 0 saturated heterocycles. The number of phenolic OH excluding ortho intramolecular Hbond substituents is 1. The van der Waals surface area contributed by atoms with Crippen molar-refractivity contribution in [1.82, 2.24) is 0 Å². The molecule has 0 spiro atoms. The number of carbonyl (C=O) groups is 1. The zero-order valence-corrected chi connectivity index (χ0v) is 7.19. The number of allylic oxidation sites excluding steroid dienone is 1. The fourth-order valence-corrected chi connectivity index (χ4v) is 0.908. The molecule has 13 heavy (non-hydrogen) atoms. The van der Waals surface area contributed by atoms with Crippen LogP contribution in [0.15, 0.2) is 30.3 Å². The fourth-order valence-electron chi connectivity index (χ4n) is 0.908. The number of aromatic hydroxyl groups is 1. The molecule has 1 aromatic rings. The normalized spacial score (nSPS) is 11.3. The summed E-state index contributed by atoms with van der Waals surface area (Å²) in [5.74, 6) is -0.183. The Hall–Kier alpha value is -1.77. The first-order valence-electron chi connectivity index (χ1n) is 3.80. The summed E-state index contributed by atoms with van der Waals surface area (Å²) in [6, 6.07) is 5.95. The first-order chi connectivity index (χ1) is 6.09. The van der Waals surface area contributed by atoms with E-state index in [0.717, 1.165) is 6.08 Å². The Kier molecular flexibility index (Phi) is 2.69. The van der Waals surface area contributed by atoms with E-state index < -0.39 is 0 Å². The van der Waals surface area contributed by atoms with Crippen LogP contribution < -0.4 is 0 Å². The highest BCUT2D eigenvalue weighted by Gasteiger charge is 1.99. The molecule has 0 heterocycles. The maximum atomic E-state index is 10.6. The van der Waals surface area contributed by atoms with Crippen molar-refractivity contribution in [3.63, 3.8) is 0 Å². The van der Waals surface area contributed by atoms with Gasteiger partial charge in [0.15, 0.2) is 5.78 Å². The van der Waals surface area contributed by atoms with Crippen LogP contribution in [0.3, 0.4) is 0 Å². The number of hydrogen-bond acceptors (Lipinski definition) is 3. The van der Waals surface area contributed by atoms with E-state index in [0.29, 0.717) is 5.56 Å². The Morgan fingerprint density at radius 1 is 1.31 bits per heavy atom. The lowest BCUT2D eigenvalue weighted by Gasteiger charge is -1.98. The van der Waals surface area contributed by atoms with Crippen LogP contribution in [0, 0.1) is 0 Å². The van der Waals surface area contributed by atoms with Gasteiger partial charge < -0.3 is 10.2 Å². The van der Waals surface area contributed by atoms with Gasteiger partial charge in [0, 0.05) is 11.6 Å². The number of benzene rings is 1. The van der Waals surface area contributed by atoms with Crippen molar-refractivity contribution < 1.29 is 15.0 Å². The van der Waals surface area contributed by atoms with Gasteiger partial charge in [-0.2, -0.15) is 0 Å². The molecule has 3 nitrogen and oxygen atoms in total. The predicted octanol–water partition coefficient (Wildman–Crippen LogP) is 1.88. The lowest BCUT2D eigenvalue weighted by molar-refractivity contribution is -0.112. The molecule has 0 aliphatic rings. The minimum atomic E-state index is -0.217. The lowest BCUT2D eigenvalue weighted by Crippen LogP contribution is -1.87. The molecule has 0 aliphatic heterocycles. The molecule has 0 bridgehead atoms. The summed E-state index contributed by atoms with van der Waals surface area (Å²) in [4.78, 5) is 10.6. The molecular weight excluding hydrogens is 168 g/mol. The first kappa shape index (κ1) is 9.32. The number of aliphatic hydroxyl groups is 1. The molecule has 0 aliphatic carbocycles. The van der Waals surface area contributed by atoms with Crippen LogP contribution in [0.2, 0.25) is 0 Å². The summed E-state index contributed by atoms with van der Waals surface area (Å²) in [7, 11) is 0. The first-order valence-corrected chi connectivity index (χ1v) is 3.80. The number of rotatable bonds is 2. The monoisotopic (exact) mass is 178 g/mol. The Bertz CT molecular complexity index is 336. The molecule has 2 N–H and O–H groups in total. The van der Waals surface area contributed by atoms with Crippen LogP contribution >= 0.6 is 0 Å². The minimum absolute atomic E-state index is 0.0903. The largest absolute Gasteiger partial charge is 0.508 e. The van der Waals surface area contributed by atoms with E-state index in [1.54, 1.807) is 0 Å². The van der Waals surface area contributed by atoms with E-state index in [-0.39, 0.29) is 17.3 Å². The number of carbonyl (C=O) groups excluding carboxylic acids is 1. The SMILES string of the molecule is CC(=O)/C=C(\O)c1ccc(O)cc1. The van der Waals surface area contributed by atoms with E-state index in [9.17, 15) is 9.90 Å². The Balaban J connectivity index is 2.96. The van der Waals surface area contributed by atoms with Crippen LogP contribution in [0.5, 0.6) is 5.75 Å². The van der Waals surface area contributed by atoms with Gasteiger partial charge in [-0.1, -0.05) is 0 Å². The molecule has 0 saturated carbocycles. The lowest BCUT2D eigenvalue weighted by atomic mass is 10.1. The van der Waals surface area contributed by atoms with Crippen LogP contribution in [0.4, 0.5) is 0 Å². The summed E-state index contributed by atoms with van der Waals surface area (Å²) < 4.78 is 0. The molecule has 0 fully saturated rings. The summed E-state index contributed by atoms with van der Waals surface area (Å²) in [6.45, 7) is 1.36. The van der Waals surface area contributed by atoms with Crippen molar-refractivity contribution in [2.45, 2.75) is 6.92 Å². The van der Waals surface area contributed by atoms with Crippen molar-refractivity contribution in [2.24, 2.45) is 0 Å². The second-order valence-electron chi connectivity index (χ2n) is 2.69. The predicted molar refractivity (Wildman–Crippen MR) is 49.4 cm³/mol. The van der Waals surface area contributed by atoms with Crippen LogP contribution in [0.25, 0.3) is 5.76 Å². The molecule has 0 atom stereocenters. The van der Waals surface area contributed by atoms with Gasteiger partial charge in [-0.15, -0.1) is 0 Å². The molecule has 0 radical (unpaired) electrons. The third kappa shape index (κ3) is 2.63. The van der Waals surface area contributed by atoms with Gasteiger partial charge >= 0.3 is 0 Å². The quantitative estimate of drug-likeness (QED) is 0.537. The van der Waals surface area contributed by atoms with Crippen molar-refractivity contribution in [1.29, 1.82) is 0 Å². The molecule has 0 unspecified atom stereocenters. The summed E-state index contributed by atoms with van der Waals surface area (Å²) in [5.41, 5.74) is 0.507. The third-order valence-electron chi connectivity index (χ3n) is 1.50. The van der Waals surface area contributed by atoms with Gasteiger partial charge in [-0.05, 0) is 31.2 Å². The van der Waals surface area contributed by atoms with E-state index in [2.05, 4.69) is 0 Å². The highest BCUT2D eigenvalue weighted by molar-refractivity contribution is 5.93. The second kappa shape index (κ2) is 3.76. The zero-order valence-electron chi connectivity index (χ0n) is 7.19. The van der Waals surface area contributed by atoms with Gasteiger partial charge in [-0.25, -0.2) is 0 Å². The van der Waals surface area contributed by atoms with Crippen molar-refractivity contribution in [3.8, 4) is 5.75 Å². The van der Waals surface area contributed by atoms with Crippen LogP contribution in [-0.4, -0.2) is 16.0 Å². The van der Waals surface area contributed by atoms with E-state index in [4.69, 9.17) is 5.11 Å². The highest BCUT2D eigenvalue weighted by atomic mass is 16.3. The Morgan fingerprint density at radius 2 is 1.85 bits per heavy atom. The van der Waals surface area contributed by atoms with Gasteiger partial charge in [0.25, 0.3) is 0 Å². The van der Waals surface area contributed by atoms with Gasteiger partial charge in [0.05, 0.1) is 0 Å². The van der Waals surface area contributed by atoms with Crippen molar-refractivity contribution in [3.05, 3.63) is 35.9 Å². The van der Waals surface area contributed by atoms with Gasteiger partial charge in [0.1, 0.15) is 11.5 Å². The van der Waals surface area contributed by atoms with Crippen LogP contribution in [-0.2, 0) is 4.79 Å². The van der Waals surface area contributed by atoms with Crippen molar-refractivity contribution in [2.75, 3.05) is 0 Å². The molecule has 0 aromatic heterocycles. The summed E-state index contributed by atoms with van der Waals surface area (Å²) in [6.07, 6.45) is 1.13. The number of ketones is 1. The number of aliphatic hydroxyl groups excluding tert-OH is 1. The maximum absolute atomic E-state index is 10.6. The average Bonchev–Trinajstić information content (AvgIpc) is 2.04. The molecule has 68 valence electrons. The fraction of sp³-hybridized carbons (Fsp3) is 0.100. The number of phenols is 1. The molecule has 1 aromatic carbocycles. The average molecular weight is 178 g/mol. The summed E-state index contributed by atoms with van der Waals surface area (Å²) >= 11 is 0. The highest BCUT2D eigenvalue weighted by Crippen LogP contribution is 2.15. The van der Waals surface area contributed by atoms with Crippen molar-refractivity contribution >= 4 is 11.5 Å². The second-order valence-corrected chi connectivity index (χ2v) is 2.69. The Morgan fingerprint density at radius 3 is 2.31 bits per heavy atom. The third-order valence-corrected chi connectivity index (χ3v) is 1.50. The Labute approximate surface area is 76.0 Å². The van der Waals surface area contributed by atoms with E-state index in [1.807, 2.05) is 0 Å². The summed E-state index contributed by atoms with van der Waals surface area (Å²) in [5, 5.41) is 18.3. The van der Waals surface area contributed by atoms with E-state index in [1.165, 1.54) is 31.2 Å². The smallest absolute Gasteiger partial charge is 0.156 e. The maximum Gasteiger partial charge on any atom is 0.156 e. The van der Waals surface area contributed by atoms with Gasteiger partial charge in [-0.3, -0.25) is 4.79 Å². The topological polar surface area (TPSA) is 57.5 Å². The standard InChI is InChI=1S/C10H10O3/c1-7(11)6-10(13)8-2-4-9(12)5-3-8/h2-6,12-13H,1H3/b10-6-. The van der Waals surface area contributed by atoms with E-state index >= 15 is 0 Å². The minimum Gasteiger partial charge on any atom is -0.508 e. The van der Waals surface area contributed by atoms with Gasteiger partial charge in [0.2, 0.25) is 0 Å². The molecule has 3 heteroatoms. The zero-order chi connectivity index (χ0) is 9.84. The van der Waals surface area contributed by atoms with Crippen LogP contribution in [0.1, 0.15) is 12.5 Å². The number of hydrogen-bond donors (Lipinski definition) is 2.